The van der Waals surface area contributed by atoms with Crippen LogP contribution >= 0.6 is 22.6 Å². The first-order chi connectivity index (χ1) is 7.36. The summed E-state index contributed by atoms with van der Waals surface area (Å²) >= 11 is 1.83. The normalized spacial score (nSPS) is 11.3. The zero-order valence-electron chi connectivity index (χ0n) is 8.36. The first kappa shape index (κ1) is 13.3. The fourth-order valence-corrected chi connectivity index (χ4v) is 1.71. The van der Waals surface area contributed by atoms with Crippen LogP contribution in [0.15, 0.2) is 18.2 Å². The van der Waals surface area contributed by atoms with Crippen molar-refractivity contribution in [3.63, 3.8) is 0 Å². The van der Waals surface area contributed by atoms with E-state index in [0.29, 0.717) is 10.1 Å². The lowest BCUT2D eigenvalue weighted by Gasteiger charge is -2.10. The van der Waals surface area contributed by atoms with Crippen molar-refractivity contribution in [2.75, 3.05) is 6.54 Å². The topological polar surface area (TPSA) is 29.1 Å². The van der Waals surface area contributed by atoms with Gasteiger partial charge in [0.05, 0.1) is 11.1 Å². The molecule has 0 aliphatic heterocycles. The van der Waals surface area contributed by atoms with Gasteiger partial charge in [-0.3, -0.25) is 4.79 Å². The molecule has 0 heterocycles. The maximum atomic E-state index is 12.4. The fraction of sp³-hybridized carbons (Fsp3) is 0.300. The molecule has 0 spiro atoms. The highest BCUT2D eigenvalue weighted by Gasteiger charge is 2.31. The van der Waals surface area contributed by atoms with Crippen molar-refractivity contribution in [2.24, 2.45) is 0 Å². The van der Waals surface area contributed by atoms with Crippen LogP contribution in [0.4, 0.5) is 13.2 Å². The van der Waals surface area contributed by atoms with Gasteiger partial charge in [-0.1, -0.05) is 0 Å². The highest BCUT2D eigenvalue weighted by Crippen LogP contribution is 2.30. The third-order valence-electron chi connectivity index (χ3n) is 1.88. The summed E-state index contributed by atoms with van der Waals surface area (Å²) in [5.41, 5.74) is -0.758. The minimum atomic E-state index is -4.43. The Labute approximate surface area is 104 Å². The van der Waals surface area contributed by atoms with Gasteiger partial charge in [-0.15, -0.1) is 0 Å². The van der Waals surface area contributed by atoms with E-state index >= 15 is 0 Å². The first-order valence-electron chi connectivity index (χ1n) is 4.51. The van der Waals surface area contributed by atoms with Crippen molar-refractivity contribution in [2.45, 2.75) is 13.1 Å². The molecule has 0 aromatic heterocycles. The number of carbonyl (C=O) groups excluding carboxylic acids is 1. The summed E-state index contributed by atoms with van der Waals surface area (Å²) < 4.78 is 37.7. The molecular weight excluding hydrogens is 334 g/mol. The van der Waals surface area contributed by atoms with Crippen molar-refractivity contribution in [3.05, 3.63) is 32.9 Å². The number of carbonyl (C=O) groups is 1. The molecule has 16 heavy (non-hydrogen) atoms. The van der Waals surface area contributed by atoms with Gasteiger partial charge in [0.25, 0.3) is 5.91 Å². The number of nitrogens with one attached hydrogen (secondary N) is 1. The Bertz CT molecular complexity index is 404. The standard InChI is InChI=1S/C10H9F3INO/c1-2-15-9(16)7-5-6(10(11,12)13)3-4-8(7)14/h3-5H,2H2,1H3,(H,15,16). The second-order valence-corrected chi connectivity index (χ2v) is 4.21. The van der Waals surface area contributed by atoms with Crippen molar-refractivity contribution in [1.82, 2.24) is 5.32 Å². The van der Waals surface area contributed by atoms with Crippen LogP contribution in [0.3, 0.4) is 0 Å². The number of amides is 1. The number of halogens is 4. The second kappa shape index (κ2) is 5.03. The van der Waals surface area contributed by atoms with Crippen molar-refractivity contribution >= 4 is 28.5 Å². The summed E-state index contributed by atoms with van der Waals surface area (Å²) in [6.45, 7) is 2.09. The van der Waals surface area contributed by atoms with Gasteiger partial charge in [0.15, 0.2) is 0 Å². The average Bonchev–Trinajstić information content (AvgIpc) is 2.16. The van der Waals surface area contributed by atoms with Gasteiger partial charge < -0.3 is 5.32 Å². The largest absolute Gasteiger partial charge is 0.416 e. The van der Waals surface area contributed by atoms with E-state index in [-0.39, 0.29) is 5.56 Å². The molecule has 2 nitrogen and oxygen atoms in total. The molecule has 0 saturated heterocycles. The van der Waals surface area contributed by atoms with Gasteiger partial charge >= 0.3 is 6.18 Å². The summed E-state index contributed by atoms with van der Waals surface area (Å²) in [6, 6.07) is 3.12. The maximum Gasteiger partial charge on any atom is 0.416 e. The Hall–Kier alpha value is -0.790. The molecule has 1 rings (SSSR count). The fourth-order valence-electron chi connectivity index (χ4n) is 1.13. The lowest BCUT2D eigenvalue weighted by atomic mass is 10.1. The molecule has 1 amide bonds. The van der Waals surface area contributed by atoms with E-state index in [1.807, 2.05) is 22.6 Å². The van der Waals surface area contributed by atoms with Crippen molar-refractivity contribution in [3.8, 4) is 0 Å². The van der Waals surface area contributed by atoms with Crippen molar-refractivity contribution in [1.29, 1.82) is 0 Å². The molecule has 0 aliphatic carbocycles. The van der Waals surface area contributed by atoms with E-state index in [9.17, 15) is 18.0 Å². The number of hydrogen-bond acceptors (Lipinski definition) is 1. The molecule has 1 N–H and O–H groups in total. The lowest BCUT2D eigenvalue weighted by Crippen LogP contribution is -2.24. The molecule has 0 radical (unpaired) electrons. The quantitative estimate of drug-likeness (QED) is 0.822. The van der Waals surface area contributed by atoms with Gasteiger partial charge in [-0.05, 0) is 47.7 Å². The van der Waals surface area contributed by atoms with Crippen molar-refractivity contribution < 1.29 is 18.0 Å². The number of alkyl halides is 3. The highest BCUT2D eigenvalue weighted by molar-refractivity contribution is 14.1. The molecule has 6 heteroatoms. The van der Waals surface area contributed by atoms with E-state index in [2.05, 4.69) is 5.32 Å². The van der Waals surface area contributed by atoms with Gasteiger partial charge in [0, 0.05) is 10.1 Å². The Balaban J connectivity index is 3.14. The first-order valence-corrected chi connectivity index (χ1v) is 5.59. The van der Waals surface area contributed by atoms with E-state index in [0.717, 1.165) is 12.1 Å². The summed E-state index contributed by atoms with van der Waals surface area (Å²) in [7, 11) is 0. The maximum absolute atomic E-state index is 12.4. The zero-order chi connectivity index (χ0) is 12.3. The molecule has 0 unspecified atom stereocenters. The van der Waals surface area contributed by atoms with E-state index in [4.69, 9.17) is 0 Å². The van der Waals surface area contributed by atoms with E-state index in [1.165, 1.54) is 6.07 Å². The van der Waals surface area contributed by atoms with Crippen LogP contribution in [0.2, 0.25) is 0 Å². The minimum Gasteiger partial charge on any atom is -0.352 e. The molecular formula is C10H9F3INO. The summed E-state index contributed by atoms with van der Waals surface area (Å²) in [6.07, 6.45) is -4.43. The van der Waals surface area contributed by atoms with Crippen LogP contribution < -0.4 is 5.32 Å². The molecule has 0 bridgehead atoms. The van der Waals surface area contributed by atoms with E-state index < -0.39 is 17.6 Å². The third-order valence-corrected chi connectivity index (χ3v) is 2.82. The predicted octanol–water partition coefficient (Wildman–Crippen LogP) is 3.06. The Morgan fingerprint density at radius 2 is 2.06 bits per heavy atom. The predicted molar refractivity (Wildman–Crippen MR) is 62.2 cm³/mol. The molecule has 1 aromatic carbocycles. The second-order valence-electron chi connectivity index (χ2n) is 3.05. The van der Waals surface area contributed by atoms with Crippen LogP contribution in [0.1, 0.15) is 22.8 Å². The summed E-state index contributed by atoms with van der Waals surface area (Å²) in [5, 5.41) is 2.47. The molecule has 1 aromatic rings. The van der Waals surface area contributed by atoms with Crippen LogP contribution in [0, 0.1) is 3.57 Å². The number of benzene rings is 1. The molecule has 88 valence electrons. The average molecular weight is 343 g/mol. The monoisotopic (exact) mass is 343 g/mol. The molecule has 0 fully saturated rings. The summed E-state index contributed by atoms with van der Waals surface area (Å²) in [5.74, 6) is -0.488. The van der Waals surface area contributed by atoms with Gasteiger partial charge in [0.1, 0.15) is 0 Å². The lowest BCUT2D eigenvalue weighted by molar-refractivity contribution is -0.137. The SMILES string of the molecule is CCNC(=O)c1cc(C(F)(F)F)ccc1I. The zero-order valence-corrected chi connectivity index (χ0v) is 10.5. The van der Waals surface area contributed by atoms with Crippen LogP contribution in [-0.2, 0) is 6.18 Å². The van der Waals surface area contributed by atoms with E-state index in [1.54, 1.807) is 6.92 Å². The van der Waals surface area contributed by atoms with Crippen LogP contribution in [-0.4, -0.2) is 12.5 Å². The Morgan fingerprint density at radius 1 is 1.44 bits per heavy atom. The smallest absolute Gasteiger partial charge is 0.352 e. The number of rotatable bonds is 2. The molecule has 0 atom stereocenters. The van der Waals surface area contributed by atoms with Crippen LogP contribution in [0.5, 0.6) is 0 Å². The summed E-state index contributed by atoms with van der Waals surface area (Å²) in [4.78, 5) is 11.5. The number of hydrogen-bond donors (Lipinski definition) is 1. The van der Waals surface area contributed by atoms with Gasteiger partial charge in [0.2, 0.25) is 0 Å². The van der Waals surface area contributed by atoms with Crippen LogP contribution in [0.25, 0.3) is 0 Å². The van der Waals surface area contributed by atoms with Gasteiger partial charge in [-0.25, -0.2) is 0 Å². The molecule has 0 aliphatic rings. The highest BCUT2D eigenvalue weighted by atomic mass is 127. The minimum absolute atomic E-state index is 0.0530. The molecule has 0 saturated carbocycles. The Kier molecular flexibility index (Phi) is 4.17. The Morgan fingerprint density at radius 3 is 2.56 bits per heavy atom. The van der Waals surface area contributed by atoms with Gasteiger partial charge in [-0.2, -0.15) is 13.2 Å². The third kappa shape index (κ3) is 3.10.